The maximum Gasteiger partial charge on any atom is 0.470 e. The van der Waals surface area contributed by atoms with Crippen LogP contribution in [0, 0.1) is 0 Å². The first kappa shape index (κ1) is 32.2. The van der Waals surface area contributed by atoms with E-state index in [0.717, 1.165) is 4.57 Å². The van der Waals surface area contributed by atoms with E-state index in [1.54, 1.807) is 0 Å². The van der Waals surface area contributed by atoms with E-state index in [-0.39, 0.29) is 22.9 Å². The summed E-state index contributed by atoms with van der Waals surface area (Å²) < 4.78 is 52.6. The Hall–Kier alpha value is -3.15. The Morgan fingerprint density at radius 1 is 0.909 bits per heavy atom. The fourth-order valence-corrected chi connectivity index (χ4v) is 6.11. The number of aromatic amines is 1. The summed E-state index contributed by atoms with van der Waals surface area (Å²) in [4.78, 5) is 76.3. The van der Waals surface area contributed by atoms with Crippen molar-refractivity contribution in [2.24, 2.45) is 11.5 Å². The van der Waals surface area contributed by atoms with Crippen molar-refractivity contribution < 1.29 is 52.0 Å². The minimum Gasteiger partial charge on any atom is -0.383 e. The van der Waals surface area contributed by atoms with Gasteiger partial charge in [-0.05, 0) is 6.07 Å². The second-order valence-electron chi connectivity index (χ2n) is 9.76. The second-order valence-corrected chi connectivity index (χ2v) is 12.1. The zero-order valence-electron chi connectivity index (χ0n) is 22.2. The number of phosphoric acid groups is 2. The van der Waals surface area contributed by atoms with Gasteiger partial charge in [-0.1, -0.05) is 0 Å². The first-order valence-corrected chi connectivity index (χ1v) is 15.5. The Morgan fingerprint density at radius 2 is 1.45 bits per heavy atom. The van der Waals surface area contributed by atoms with E-state index in [9.17, 15) is 38.3 Å². The number of anilines is 2. The molecule has 5 rings (SSSR count). The molecule has 0 unspecified atom stereocenters. The third-order valence-electron chi connectivity index (χ3n) is 6.71. The van der Waals surface area contributed by atoms with Gasteiger partial charge in [0.25, 0.3) is 5.56 Å². The number of fused-ring (bicyclic) bond motifs is 1. The molecule has 25 heteroatoms. The molecule has 13 N–H and O–H groups in total. The van der Waals surface area contributed by atoms with Crippen molar-refractivity contribution in [2.75, 3.05) is 24.7 Å². The summed E-state index contributed by atoms with van der Waals surface area (Å²) in [5.74, 6) is -0.327. The van der Waals surface area contributed by atoms with Gasteiger partial charge in [-0.15, -0.1) is 0 Å². The SMILES string of the molecule is Nc1ccn([C@@H]2O[C@H](COC[C@H]3O[C@@H](n4cnc5c(=O)[nH]c(N)nc54)[C@H](N)[C@@H]3OP(=O)(O)O)[C@@H](OP(=O)(O)O)[C@H]2N)c(=O)n1. The second kappa shape index (κ2) is 12.0. The van der Waals surface area contributed by atoms with Gasteiger partial charge in [-0.2, -0.15) is 9.97 Å². The molecule has 8 atom stereocenters. The lowest BCUT2D eigenvalue weighted by Gasteiger charge is -2.23. The molecule has 44 heavy (non-hydrogen) atoms. The molecule has 5 heterocycles. The van der Waals surface area contributed by atoms with Crippen LogP contribution in [0.2, 0.25) is 0 Å². The molecule has 2 aliphatic rings. The van der Waals surface area contributed by atoms with E-state index in [0.29, 0.717) is 0 Å². The van der Waals surface area contributed by atoms with Gasteiger partial charge in [0.15, 0.2) is 23.6 Å². The summed E-state index contributed by atoms with van der Waals surface area (Å²) in [6.07, 6.45) is -5.68. The number of hydrogen-bond acceptors (Lipinski definition) is 16. The molecule has 2 aliphatic heterocycles. The molecule has 2 saturated heterocycles. The number of nitrogens with one attached hydrogen (secondary N) is 1. The zero-order valence-corrected chi connectivity index (χ0v) is 24.0. The Morgan fingerprint density at radius 3 is 1.98 bits per heavy atom. The number of nitrogens with zero attached hydrogens (tertiary/aromatic N) is 5. The number of ether oxygens (including phenoxy) is 3. The average molecular weight is 666 g/mol. The molecule has 2 fully saturated rings. The monoisotopic (exact) mass is 666 g/mol. The number of rotatable bonds is 10. The van der Waals surface area contributed by atoms with Crippen LogP contribution in [0.1, 0.15) is 12.5 Å². The Labute approximate surface area is 244 Å². The van der Waals surface area contributed by atoms with E-state index in [4.69, 9.17) is 46.2 Å². The highest BCUT2D eigenvalue weighted by atomic mass is 31.2. The van der Waals surface area contributed by atoms with Crippen LogP contribution in [0.4, 0.5) is 11.8 Å². The lowest BCUT2D eigenvalue weighted by Crippen LogP contribution is -2.44. The van der Waals surface area contributed by atoms with Crippen molar-refractivity contribution in [1.29, 1.82) is 0 Å². The topological polar surface area (TPSA) is 364 Å². The number of nitrogen functional groups attached to an aromatic ring is 2. The van der Waals surface area contributed by atoms with Gasteiger partial charge in [0, 0.05) is 6.20 Å². The first-order chi connectivity index (χ1) is 20.5. The van der Waals surface area contributed by atoms with Crippen molar-refractivity contribution in [3.63, 3.8) is 0 Å². The lowest BCUT2D eigenvalue weighted by atomic mass is 10.1. The van der Waals surface area contributed by atoms with E-state index in [1.807, 2.05) is 0 Å². The van der Waals surface area contributed by atoms with Gasteiger partial charge >= 0.3 is 21.3 Å². The summed E-state index contributed by atoms with van der Waals surface area (Å²) in [5, 5.41) is 0. The maximum absolute atomic E-state index is 12.4. The number of H-pyrrole nitrogens is 1. The summed E-state index contributed by atoms with van der Waals surface area (Å²) in [6, 6.07) is -1.29. The molecular weight excluding hydrogens is 638 g/mol. The summed E-state index contributed by atoms with van der Waals surface area (Å²) in [6.45, 7) is -0.945. The summed E-state index contributed by atoms with van der Waals surface area (Å²) in [7, 11) is -10.2. The smallest absolute Gasteiger partial charge is 0.383 e. The standard InChI is InChI=1S/C19H28N10O13P2/c20-8-1-2-28(19(31)25-8)16-9(21)12(41-43(32,33)34)6(39-16)3-38-4-7-13(42-44(35,36)37)10(22)17(40-7)29-5-24-11-14(29)26-18(23)27-15(11)30/h1-2,5-7,9-10,12-13,16-17H,3-4,21-22H2,(H2,20,25,31)(H2,32,33,34)(H2,35,36,37)(H3,23,26,27,30)/t6-,7-,9-,10-,12-,13-,16-,17-/m1/s1. The number of imidazole rings is 1. The lowest BCUT2D eigenvalue weighted by molar-refractivity contribution is -0.0966. The average Bonchev–Trinajstić information content (AvgIpc) is 3.53. The van der Waals surface area contributed by atoms with Gasteiger partial charge in [0.1, 0.15) is 30.2 Å². The highest BCUT2D eigenvalue weighted by molar-refractivity contribution is 7.46. The molecule has 0 aromatic carbocycles. The normalized spacial score (nSPS) is 29.5. The van der Waals surface area contributed by atoms with Gasteiger partial charge in [0.05, 0.1) is 31.6 Å². The molecule has 3 aromatic rings. The predicted molar refractivity (Wildman–Crippen MR) is 144 cm³/mol. The largest absolute Gasteiger partial charge is 0.470 e. The van der Waals surface area contributed by atoms with Crippen molar-refractivity contribution in [3.05, 3.63) is 39.4 Å². The van der Waals surface area contributed by atoms with E-state index in [2.05, 4.69) is 19.9 Å². The van der Waals surface area contributed by atoms with Crippen LogP contribution in [0.25, 0.3) is 11.2 Å². The van der Waals surface area contributed by atoms with E-state index in [1.165, 1.54) is 23.2 Å². The van der Waals surface area contributed by atoms with Crippen molar-refractivity contribution in [1.82, 2.24) is 29.1 Å². The third kappa shape index (κ3) is 6.74. The van der Waals surface area contributed by atoms with Crippen LogP contribution in [0.5, 0.6) is 0 Å². The molecule has 0 bridgehead atoms. The maximum atomic E-state index is 12.4. The molecule has 23 nitrogen and oxygen atoms in total. The fourth-order valence-electron chi connectivity index (χ4n) is 4.93. The molecule has 3 aromatic heterocycles. The van der Waals surface area contributed by atoms with Gasteiger partial charge in [-0.25, -0.2) is 18.9 Å². The van der Waals surface area contributed by atoms with E-state index >= 15 is 0 Å². The highest BCUT2D eigenvalue weighted by Gasteiger charge is 2.50. The summed E-state index contributed by atoms with van der Waals surface area (Å²) >= 11 is 0. The van der Waals surface area contributed by atoms with Gasteiger partial charge in [-0.3, -0.25) is 28.0 Å². The van der Waals surface area contributed by atoms with Crippen LogP contribution in [0.3, 0.4) is 0 Å². The molecule has 0 spiro atoms. The van der Waals surface area contributed by atoms with Crippen molar-refractivity contribution in [3.8, 4) is 0 Å². The molecule has 0 radical (unpaired) electrons. The quantitative estimate of drug-likeness (QED) is 0.0929. The minimum atomic E-state index is -5.13. The minimum absolute atomic E-state index is 0.0348. The molecule has 0 saturated carbocycles. The Bertz CT molecular complexity index is 1740. The van der Waals surface area contributed by atoms with Gasteiger partial charge in [0.2, 0.25) is 5.95 Å². The summed E-state index contributed by atoms with van der Waals surface area (Å²) in [5.41, 5.74) is 21.9. The first-order valence-electron chi connectivity index (χ1n) is 12.5. The molecule has 242 valence electrons. The van der Waals surface area contributed by atoms with Crippen LogP contribution < -0.4 is 34.2 Å². The van der Waals surface area contributed by atoms with Crippen LogP contribution in [0.15, 0.2) is 28.2 Å². The number of nitrogens with two attached hydrogens (primary N) is 4. The van der Waals surface area contributed by atoms with Crippen molar-refractivity contribution >= 4 is 38.6 Å². The Kier molecular flexibility index (Phi) is 8.78. The molecule has 0 amide bonds. The van der Waals surface area contributed by atoms with Crippen LogP contribution in [-0.4, -0.2) is 98.4 Å². The third-order valence-corrected chi connectivity index (χ3v) is 7.75. The molecule has 0 aliphatic carbocycles. The predicted octanol–water partition coefficient (Wildman–Crippen LogP) is -4.04. The highest BCUT2D eigenvalue weighted by Crippen LogP contribution is 2.45. The van der Waals surface area contributed by atoms with E-state index < -0.39 is 89.1 Å². The number of aromatic nitrogens is 6. The van der Waals surface area contributed by atoms with Crippen molar-refractivity contribution in [2.45, 2.75) is 49.0 Å². The van der Waals surface area contributed by atoms with Crippen LogP contribution >= 0.6 is 15.6 Å². The Balaban J connectivity index is 1.35. The van der Waals surface area contributed by atoms with Crippen LogP contribution in [-0.2, 0) is 32.4 Å². The number of hydrogen-bond donors (Lipinski definition) is 9. The number of phosphoric ester groups is 2. The van der Waals surface area contributed by atoms with Gasteiger partial charge < -0.3 is 56.7 Å². The zero-order chi connectivity index (χ0) is 32.1. The molecular formula is C19H28N10O13P2. The fraction of sp³-hybridized carbons (Fsp3) is 0.526.